The molecule has 0 radical (unpaired) electrons. The van der Waals surface area contributed by atoms with Gasteiger partial charge in [-0.15, -0.1) is 0 Å². The second-order valence-electron chi connectivity index (χ2n) is 4.94. The Balaban J connectivity index is 1.71. The van der Waals surface area contributed by atoms with Gasteiger partial charge in [0.25, 0.3) is 0 Å². The Bertz CT molecular complexity index is 738. The first-order valence-corrected chi connectivity index (χ1v) is 7.19. The summed E-state index contributed by atoms with van der Waals surface area (Å²) in [6, 6.07) is 8.89. The Labute approximate surface area is 133 Å². The molecule has 0 saturated heterocycles. The lowest BCUT2D eigenvalue weighted by molar-refractivity contribution is 0.0599. The quantitative estimate of drug-likeness (QED) is 0.810. The number of hydrogen-bond donors (Lipinski definition) is 0. The minimum absolute atomic E-state index is 0.341. The van der Waals surface area contributed by atoms with Crippen molar-refractivity contribution in [3.8, 4) is 5.75 Å². The van der Waals surface area contributed by atoms with E-state index < -0.39 is 0 Å². The van der Waals surface area contributed by atoms with Crippen LogP contribution in [0.2, 0.25) is 5.02 Å². The van der Waals surface area contributed by atoms with Crippen LogP contribution in [0.4, 0.5) is 0 Å². The first-order chi connectivity index (χ1) is 10.7. The number of methoxy groups -OCH3 is 1. The Morgan fingerprint density at radius 1 is 1.27 bits per heavy atom. The van der Waals surface area contributed by atoms with E-state index in [1.807, 2.05) is 18.2 Å². The van der Waals surface area contributed by atoms with E-state index >= 15 is 0 Å². The van der Waals surface area contributed by atoms with Crippen molar-refractivity contribution in [3.63, 3.8) is 0 Å². The fourth-order valence-electron chi connectivity index (χ4n) is 2.39. The molecule has 1 heterocycles. The number of carbonyl (C=O) groups is 1. The number of rotatable bonds is 4. The van der Waals surface area contributed by atoms with E-state index in [0.29, 0.717) is 23.6 Å². The Morgan fingerprint density at radius 3 is 2.77 bits per heavy atom. The molecule has 0 N–H and O–H groups in total. The van der Waals surface area contributed by atoms with Crippen molar-refractivity contribution in [1.29, 1.82) is 0 Å². The molecule has 0 amide bonds. The molecule has 2 aromatic rings. The topological polar surface area (TPSA) is 48.4 Å². The van der Waals surface area contributed by atoms with E-state index in [4.69, 9.17) is 21.1 Å². The molecule has 0 bridgehead atoms. The number of esters is 1. The Morgan fingerprint density at radius 2 is 2.05 bits per heavy atom. The lowest BCUT2D eigenvalue weighted by atomic mass is 10.1. The van der Waals surface area contributed by atoms with Crippen LogP contribution >= 0.6 is 11.6 Å². The second-order valence-corrected chi connectivity index (χ2v) is 5.37. The molecule has 1 aliphatic rings. The maximum atomic E-state index is 11.8. The van der Waals surface area contributed by atoms with E-state index in [1.54, 1.807) is 24.4 Å². The van der Waals surface area contributed by atoms with Gasteiger partial charge in [-0.2, -0.15) is 0 Å². The molecule has 0 saturated carbocycles. The molecular formula is C17H14ClNO3. The number of benzene rings is 1. The van der Waals surface area contributed by atoms with Gasteiger partial charge in [0.2, 0.25) is 0 Å². The van der Waals surface area contributed by atoms with Crippen LogP contribution in [0.15, 0.2) is 42.1 Å². The Hall–Kier alpha value is -2.33. The fourth-order valence-corrected chi connectivity index (χ4v) is 2.52. The normalized spacial score (nSPS) is 12.5. The standard InChI is InChI=1S/C17H14ClNO3/c1-21-17(20)14-6-7-19-16-9-11(8-15(14)16)10-22-13-4-2-12(18)3-5-13/h2-7,9H,8,10H2,1H3. The highest BCUT2D eigenvalue weighted by atomic mass is 35.5. The number of pyridine rings is 1. The lowest BCUT2D eigenvalue weighted by Crippen LogP contribution is -2.07. The van der Waals surface area contributed by atoms with Gasteiger partial charge in [-0.1, -0.05) is 11.6 Å². The van der Waals surface area contributed by atoms with E-state index in [-0.39, 0.29) is 5.97 Å². The van der Waals surface area contributed by atoms with Crippen LogP contribution in [0.5, 0.6) is 5.75 Å². The predicted octanol–water partition coefficient (Wildman–Crippen LogP) is 3.54. The third kappa shape index (κ3) is 2.97. The summed E-state index contributed by atoms with van der Waals surface area (Å²) in [5.41, 5.74) is 3.32. The first kappa shape index (κ1) is 14.6. The van der Waals surface area contributed by atoms with E-state index in [1.165, 1.54) is 7.11 Å². The average Bonchev–Trinajstić information content (AvgIpc) is 2.96. The third-order valence-corrected chi connectivity index (χ3v) is 3.73. The van der Waals surface area contributed by atoms with Crippen molar-refractivity contribution in [3.05, 3.63) is 63.9 Å². The van der Waals surface area contributed by atoms with Gasteiger partial charge in [-0.25, -0.2) is 4.79 Å². The molecule has 1 aromatic heterocycles. The molecule has 22 heavy (non-hydrogen) atoms. The third-order valence-electron chi connectivity index (χ3n) is 3.48. The summed E-state index contributed by atoms with van der Waals surface area (Å²) in [4.78, 5) is 16.1. The highest BCUT2D eigenvalue weighted by Crippen LogP contribution is 2.27. The number of aromatic nitrogens is 1. The molecule has 0 unspecified atom stereocenters. The zero-order chi connectivity index (χ0) is 15.5. The number of halogens is 1. The number of hydrogen-bond acceptors (Lipinski definition) is 4. The van der Waals surface area contributed by atoms with Crippen LogP contribution in [0, 0.1) is 0 Å². The van der Waals surface area contributed by atoms with E-state index in [2.05, 4.69) is 4.98 Å². The smallest absolute Gasteiger partial charge is 0.338 e. The number of ether oxygens (including phenoxy) is 2. The summed E-state index contributed by atoms with van der Waals surface area (Å²) in [5.74, 6) is 0.411. The molecular weight excluding hydrogens is 302 g/mol. The first-order valence-electron chi connectivity index (χ1n) is 6.81. The summed E-state index contributed by atoms with van der Waals surface area (Å²) < 4.78 is 10.5. The van der Waals surface area contributed by atoms with Crippen LogP contribution in [-0.2, 0) is 11.2 Å². The van der Waals surface area contributed by atoms with Gasteiger partial charge < -0.3 is 9.47 Å². The maximum absolute atomic E-state index is 11.8. The van der Waals surface area contributed by atoms with Crippen molar-refractivity contribution in [2.45, 2.75) is 6.42 Å². The average molecular weight is 316 g/mol. The monoisotopic (exact) mass is 315 g/mol. The van der Waals surface area contributed by atoms with Crippen LogP contribution < -0.4 is 4.74 Å². The summed E-state index contributed by atoms with van der Waals surface area (Å²) >= 11 is 5.84. The van der Waals surface area contributed by atoms with E-state index in [9.17, 15) is 4.79 Å². The van der Waals surface area contributed by atoms with Gasteiger partial charge in [-0.05, 0) is 47.5 Å². The van der Waals surface area contributed by atoms with Crippen LogP contribution in [0.25, 0.3) is 6.08 Å². The highest BCUT2D eigenvalue weighted by Gasteiger charge is 2.21. The second kappa shape index (κ2) is 6.20. The maximum Gasteiger partial charge on any atom is 0.338 e. The van der Waals surface area contributed by atoms with Crippen LogP contribution in [-0.4, -0.2) is 24.7 Å². The van der Waals surface area contributed by atoms with Crippen molar-refractivity contribution < 1.29 is 14.3 Å². The molecule has 4 nitrogen and oxygen atoms in total. The summed E-state index contributed by atoms with van der Waals surface area (Å²) in [6.45, 7) is 0.443. The zero-order valence-electron chi connectivity index (χ0n) is 12.0. The van der Waals surface area contributed by atoms with Crippen molar-refractivity contribution in [2.75, 3.05) is 13.7 Å². The molecule has 1 aromatic carbocycles. The van der Waals surface area contributed by atoms with Crippen molar-refractivity contribution in [2.24, 2.45) is 0 Å². The number of nitrogens with zero attached hydrogens (tertiary/aromatic N) is 1. The minimum atomic E-state index is -0.341. The fraction of sp³-hybridized carbons (Fsp3) is 0.176. The van der Waals surface area contributed by atoms with Gasteiger partial charge in [0.1, 0.15) is 12.4 Å². The molecule has 0 atom stereocenters. The molecule has 1 aliphatic carbocycles. The number of carbonyl (C=O) groups excluding carboxylic acids is 1. The van der Waals surface area contributed by atoms with Crippen molar-refractivity contribution in [1.82, 2.24) is 4.98 Å². The zero-order valence-corrected chi connectivity index (χ0v) is 12.8. The minimum Gasteiger partial charge on any atom is -0.489 e. The summed E-state index contributed by atoms with van der Waals surface area (Å²) in [5, 5.41) is 0.673. The molecule has 112 valence electrons. The molecule has 5 heteroatoms. The molecule has 0 fully saturated rings. The van der Waals surface area contributed by atoms with Crippen molar-refractivity contribution >= 4 is 23.6 Å². The SMILES string of the molecule is COC(=O)c1ccnc2c1CC(COc1ccc(Cl)cc1)=C2. The van der Waals surface area contributed by atoms with Crippen LogP contribution in [0.1, 0.15) is 21.6 Å². The van der Waals surface area contributed by atoms with Gasteiger partial charge in [0.15, 0.2) is 0 Å². The number of fused-ring (bicyclic) bond motifs is 1. The molecule has 0 aliphatic heterocycles. The predicted molar refractivity (Wildman–Crippen MR) is 84.2 cm³/mol. The van der Waals surface area contributed by atoms with Gasteiger partial charge in [-0.3, -0.25) is 4.98 Å². The lowest BCUT2D eigenvalue weighted by Gasteiger charge is -2.08. The van der Waals surface area contributed by atoms with Crippen LogP contribution in [0.3, 0.4) is 0 Å². The largest absolute Gasteiger partial charge is 0.489 e. The van der Waals surface area contributed by atoms with Gasteiger partial charge >= 0.3 is 5.97 Å². The summed E-state index contributed by atoms with van der Waals surface area (Å²) in [6.07, 6.45) is 4.21. The van der Waals surface area contributed by atoms with E-state index in [0.717, 1.165) is 22.6 Å². The van der Waals surface area contributed by atoms with Gasteiger partial charge in [0.05, 0.1) is 18.4 Å². The van der Waals surface area contributed by atoms with Gasteiger partial charge in [0, 0.05) is 17.6 Å². The molecule has 0 spiro atoms. The summed E-state index contributed by atoms with van der Waals surface area (Å²) in [7, 11) is 1.38. The molecule has 3 rings (SSSR count). The Kier molecular flexibility index (Phi) is 4.11. The highest BCUT2D eigenvalue weighted by molar-refractivity contribution is 6.30.